The molecule has 10 heteroatoms. The number of benzene rings is 2. The summed E-state index contributed by atoms with van der Waals surface area (Å²) in [7, 11) is 0. The van der Waals surface area contributed by atoms with E-state index >= 15 is 0 Å². The van der Waals surface area contributed by atoms with Crippen molar-refractivity contribution in [1.29, 1.82) is 0 Å². The smallest absolute Gasteiger partial charge is 0.387 e. The van der Waals surface area contributed by atoms with Gasteiger partial charge in [0.05, 0.1) is 12.3 Å². The minimum absolute atomic E-state index is 0.0147. The summed E-state index contributed by atoms with van der Waals surface area (Å²) in [5, 5.41) is 49.2. The maximum atomic E-state index is 12.2. The molecular weight excluding hydrogens is 396 g/mol. The van der Waals surface area contributed by atoms with Gasteiger partial charge in [0.25, 0.3) is 5.91 Å². The van der Waals surface area contributed by atoms with Gasteiger partial charge in [0.15, 0.2) is 11.4 Å². The minimum Gasteiger partial charge on any atom is -0.505 e. The number of nitrogens with zero attached hydrogens (tertiary/aromatic N) is 1. The Hall–Kier alpha value is -3.73. The van der Waals surface area contributed by atoms with Crippen LogP contribution >= 0.6 is 0 Å². The molecule has 0 spiro atoms. The minimum atomic E-state index is -3.56. The largest absolute Gasteiger partial charge is 0.505 e. The summed E-state index contributed by atoms with van der Waals surface area (Å²) in [6.45, 7) is 1.32. The van der Waals surface area contributed by atoms with Crippen molar-refractivity contribution in [3.8, 4) is 17.2 Å². The highest BCUT2D eigenvalue weighted by Crippen LogP contribution is 2.34. The molecule has 0 saturated heterocycles. The quantitative estimate of drug-likeness (QED) is 0.322. The number of pyridine rings is 1. The molecule has 0 aliphatic rings. The molecule has 0 bridgehead atoms. The molecule has 0 saturated carbocycles. The van der Waals surface area contributed by atoms with Gasteiger partial charge in [0, 0.05) is 10.8 Å². The van der Waals surface area contributed by atoms with E-state index in [4.69, 9.17) is 9.84 Å². The van der Waals surface area contributed by atoms with Crippen molar-refractivity contribution in [2.75, 3.05) is 0 Å². The zero-order chi connectivity index (χ0) is 22.1. The third-order valence-electron chi connectivity index (χ3n) is 4.24. The van der Waals surface area contributed by atoms with Gasteiger partial charge < -0.3 is 30.3 Å². The van der Waals surface area contributed by atoms with Gasteiger partial charge in [-0.2, -0.15) is 0 Å². The standard InChI is InChI=1S/C20H18N2O8/c1-10-2-4-11(5-3-10)30-12-6-7-13-14(8-12)15(9-23)21-16(17(13)24)18(25)22-20(28,29)19(26)27/h2-8,23-24,28-29H,9H2,1H3,(H,22,25)(H,26,27). The highest BCUT2D eigenvalue weighted by atomic mass is 16.6. The van der Waals surface area contributed by atoms with E-state index in [2.05, 4.69) is 4.98 Å². The number of fused-ring (bicyclic) bond motifs is 1. The van der Waals surface area contributed by atoms with Crippen LogP contribution in [-0.2, 0) is 11.4 Å². The summed E-state index contributed by atoms with van der Waals surface area (Å²) < 4.78 is 5.75. The number of carbonyl (C=O) groups excluding carboxylic acids is 1. The number of aliphatic hydroxyl groups is 3. The Morgan fingerprint density at radius 2 is 1.70 bits per heavy atom. The fourth-order valence-electron chi connectivity index (χ4n) is 2.70. The lowest BCUT2D eigenvalue weighted by Crippen LogP contribution is -2.54. The van der Waals surface area contributed by atoms with Gasteiger partial charge in [-0.3, -0.25) is 10.1 Å². The maximum Gasteiger partial charge on any atom is 0.387 e. The van der Waals surface area contributed by atoms with E-state index in [0.717, 1.165) is 5.56 Å². The number of ether oxygens (including phenoxy) is 1. The van der Waals surface area contributed by atoms with Crippen LogP contribution in [0.5, 0.6) is 17.2 Å². The molecule has 30 heavy (non-hydrogen) atoms. The second-order valence-corrected chi connectivity index (χ2v) is 6.47. The summed E-state index contributed by atoms with van der Waals surface area (Å²) >= 11 is 0. The predicted octanol–water partition coefficient (Wildman–Crippen LogP) is 0.986. The molecule has 3 rings (SSSR count). The second-order valence-electron chi connectivity index (χ2n) is 6.47. The van der Waals surface area contributed by atoms with Gasteiger partial charge >= 0.3 is 11.9 Å². The number of carbonyl (C=O) groups is 2. The van der Waals surface area contributed by atoms with E-state index in [1.807, 2.05) is 19.1 Å². The first-order chi connectivity index (χ1) is 14.1. The second kappa shape index (κ2) is 7.95. The third-order valence-corrected chi connectivity index (χ3v) is 4.24. The van der Waals surface area contributed by atoms with E-state index in [0.29, 0.717) is 11.5 Å². The molecule has 0 aliphatic carbocycles. The molecule has 0 unspecified atom stereocenters. The molecule has 10 nitrogen and oxygen atoms in total. The van der Waals surface area contributed by atoms with Crippen molar-refractivity contribution in [1.82, 2.24) is 10.3 Å². The lowest BCUT2D eigenvalue weighted by atomic mass is 10.1. The first kappa shape index (κ1) is 21.0. The van der Waals surface area contributed by atoms with E-state index in [1.165, 1.54) is 23.5 Å². The molecule has 156 valence electrons. The number of aryl methyl sites for hydroxylation is 1. The summed E-state index contributed by atoms with van der Waals surface area (Å²) in [6.07, 6.45) is 0. The molecule has 1 amide bonds. The lowest BCUT2D eigenvalue weighted by Gasteiger charge is -2.18. The summed E-state index contributed by atoms with van der Waals surface area (Å²) in [4.78, 5) is 26.8. The van der Waals surface area contributed by atoms with E-state index in [9.17, 15) is 30.0 Å². The number of hydrogen-bond donors (Lipinski definition) is 6. The number of rotatable bonds is 6. The monoisotopic (exact) mass is 414 g/mol. The number of nitrogens with one attached hydrogen (secondary N) is 1. The Bertz CT molecular complexity index is 1130. The molecular formula is C20H18N2O8. The van der Waals surface area contributed by atoms with Crippen molar-refractivity contribution >= 4 is 22.6 Å². The van der Waals surface area contributed by atoms with E-state index < -0.39 is 35.8 Å². The Kier molecular flexibility index (Phi) is 5.56. The van der Waals surface area contributed by atoms with Gasteiger partial charge in [-0.05, 0) is 37.3 Å². The van der Waals surface area contributed by atoms with Gasteiger partial charge in [-0.15, -0.1) is 0 Å². The van der Waals surface area contributed by atoms with Crippen LogP contribution in [0.3, 0.4) is 0 Å². The van der Waals surface area contributed by atoms with Crippen molar-refractivity contribution in [3.05, 3.63) is 59.4 Å². The number of aromatic hydroxyl groups is 1. The average molecular weight is 414 g/mol. The fourth-order valence-corrected chi connectivity index (χ4v) is 2.70. The summed E-state index contributed by atoms with van der Waals surface area (Å²) in [6, 6.07) is 11.7. The molecule has 1 heterocycles. The van der Waals surface area contributed by atoms with Crippen molar-refractivity contribution < 1.29 is 39.9 Å². The maximum absolute atomic E-state index is 12.2. The highest BCUT2D eigenvalue weighted by molar-refractivity contribution is 6.03. The van der Waals surface area contributed by atoms with Gasteiger partial charge in [-0.25, -0.2) is 9.78 Å². The van der Waals surface area contributed by atoms with Gasteiger partial charge in [-0.1, -0.05) is 17.7 Å². The van der Waals surface area contributed by atoms with E-state index in [-0.39, 0.29) is 16.5 Å². The normalized spacial score (nSPS) is 11.3. The Morgan fingerprint density at radius 1 is 1.07 bits per heavy atom. The zero-order valence-electron chi connectivity index (χ0n) is 15.7. The van der Waals surface area contributed by atoms with Crippen molar-refractivity contribution in [2.24, 2.45) is 0 Å². The van der Waals surface area contributed by atoms with Crippen LogP contribution in [0.25, 0.3) is 10.8 Å². The van der Waals surface area contributed by atoms with Crippen LogP contribution in [0.2, 0.25) is 0 Å². The highest BCUT2D eigenvalue weighted by Gasteiger charge is 2.37. The van der Waals surface area contributed by atoms with Crippen LogP contribution in [0.1, 0.15) is 21.7 Å². The third kappa shape index (κ3) is 4.15. The number of aliphatic hydroxyl groups excluding tert-OH is 1. The summed E-state index contributed by atoms with van der Waals surface area (Å²) in [5.74, 6) is -6.74. The molecule has 0 fully saturated rings. The predicted molar refractivity (Wildman–Crippen MR) is 103 cm³/mol. The van der Waals surface area contributed by atoms with Crippen molar-refractivity contribution in [3.63, 3.8) is 0 Å². The van der Waals surface area contributed by atoms with Crippen LogP contribution in [0.4, 0.5) is 0 Å². The van der Waals surface area contributed by atoms with Crippen LogP contribution in [0, 0.1) is 6.92 Å². The zero-order valence-corrected chi connectivity index (χ0v) is 15.7. The van der Waals surface area contributed by atoms with Gasteiger partial charge in [0.2, 0.25) is 0 Å². The topological polar surface area (TPSA) is 169 Å². The Labute approximate surface area is 169 Å². The Balaban J connectivity index is 2.01. The Morgan fingerprint density at radius 3 is 2.30 bits per heavy atom. The lowest BCUT2D eigenvalue weighted by molar-refractivity contribution is -0.210. The van der Waals surface area contributed by atoms with Gasteiger partial charge in [0.1, 0.15) is 11.5 Å². The number of hydrogen-bond acceptors (Lipinski definition) is 8. The number of amides is 1. The first-order valence-corrected chi connectivity index (χ1v) is 8.64. The molecule has 0 atom stereocenters. The van der Waals surface area contributed by atoms with Crippen LogP contribution in [-0.4, -0.2) is 48.3 Å². The average Bonchev–Trinajstić information content (AvgIpc) is 2.69. The molecule has 1 aromatic heterocycles. The molecule has 0 radical (unpaired) electrons. The SMILES string of the molecule is Cc1ccc(Oc2ccc3c(O)c(C(=O)NC(O)(O)C(=O)O)nc(CO)c3c2)cc1. The van der Waals surface area contributed by atoms with Crippen LogP contribution in [0.15, 0.2) is 42.5 Å². The van der Waals surface area contributed by atoms with E-state index in [1.54, 1.807) is 12.1 Å². The fraction of sp³-hybridized carbons (Fsp3) is 0.150. The number of aliphatic carboxylic acids is 1. The number of carboxylic acid groups (broad SMARTS) is 1. The summed E-state index contributed by atoms with van der Waals surface area (Å²) in [5.41, 5.74) is 0.354. The molecule has 0 aliphatic heterocycles. The first-order valence-electron chi connectivity index (χ1n) is 8.64. The molecule has 2 aromatic carbocycles. The van der Waals surface area contributed by atoms with Crippen molar-refractivity contribution in [2.45, 2.75) is 19.4 Å². The number of aromatic nitrogens is 1. The molecule has 6 N–H and O–H groups in total. The van der Waals surface area contributed by atoms with Crippen LogP contribution < -0.4 is 10.1 Å². The molecule has 3 aromatic rings. The number of carboxylic acids is 1.